The highest BCUT2D eigenvalue weighted by Crippen LogP contribution is 2.10. The van der Waals surface area contributed by atoms with Crippen molar-refractivity contribution >= 4 is 22.6 Å². The van der Waals surface area contributed by atoms with Crippen LogP contribution < -0.4 is 11.5 Å². The van der Waals surface area contributed by atoms with Crippen molar-refractivity contribution in [2.24, 2.45) is 11.5 Å². The van der Waals surface area contributed by atoms with E-state index in [4.69, 9.17) is 11.5 Å². The lowest BCUT2D eigenvalue weighted by molar-refractivity contribution is -0.115. The molecule has 0 heterocycles. The summed E-state index contributed by atoms with van der Waals surface area (Å²) >= 11 is 0. The first-order valence-corrected chi connectivity index (χ1v) is 6.00. The zero-order valence-corrected chi connectivity index (χ0v) is 9.33. The highest BCUT2D eigenvalue weighted by atomic mass is 32.2. The van der Waals surface area contributed by atoms with Gasteiger partial charge in [0, 0.05) is 22.1 Å². The lowest BCUT2D eigenvalue weighted by Crippen LogP contribution is -2.21. The lowest BCUT2D eigenvalue weighted by Gasteiger charge is -2.05. The summed E-state index contributed by atoms with van der Waals surface area (Å²) < 4.78 is 11.5. The maximum Gasteiger partial charge on any atom is 0.249 e. The molecule has 5 nitrogen and oxygen atoms in total. The first-order chi connectivity index (χ1) is 7.50. The largest absolute Gasteiger partial charge is 0.369 e. The molecule has 1 atom stereocenters. The molecule has 0 aliphatic carbocycles. The Kier molecular flexibility index (Phi) is 4.19. The van der Waals surface area contributed by atoms with Gasteiger partial charge in [-0.25, -0.2) is 0 Å². The van der Waals surface area contributed by atoms with Crippen molar-refractivity contribution in [2.45, 2.75) is 5.75 Å². The summed E-state index contributed by atoms with van der Waals surface area (Å²) in [6, 6.07) is 6.59. The summed E-state index contributed by atoms with van der Waals surface area (Å²) in [7, 11) is -1.41. The Morgan fingerprint density at radius 1 is 1.19 bits per heavy atom. The fourth-order valence-corrected chi connectivity index (χ4v) is 2.29. The maximum absolute atomic E-state index is 11.5. The zero-order chi connectivity index (χ0) is 12.1. The highest BCUT2D eigenvalue weighted by Gasteiger charge is 2.11. The third-order valence-electron chi connectivity index (χ3n) is 1.90. The summed E-state index contributed by atoms with van der Waals surface area (Å²) in [4.78, 5) is 21.6. The molecule has 1 unspecified atom stereocenters. The summed E-state index contributed by atoms with van der Waals surface area (Å²) in [5, 5.41) is 0. The van der Waals surface area contributed by atoms with Gasteiger partial charge in [-0.1, -0.05) is 18.2 Å². The fraction of sp³-hybridized carbons (Fsp3) is 0.200. The van der Waals surface area contributed by atoms with Crippen LogP contribution in [0.15, 0.2) is 24.3 Å². The van der Waals surface area contributed by atoms with Crippen LogP contribution in [0, 0.1) is 0 Å². The monoisotopic (exact) mass is 240 g/mol. The molecule has 0 aliphatic heterocycles. The molecule has 0 saturated carbocycles. The molecule has 0 aromatic heterocycles. The molecule has 1 aromatic rings. The van der Waals surface area contributed by atoms with Crippen LogP contribution in [0.25, 0.3) is 0 Å². The molecule has 0 aliphatic rings. The minimum absolute atomic E-state index is 0.0993. The van der Waals surface area contributed by atoms with Crippen LogP contribution in [0.3, 0.4) is 0 Å². The predicted molar refractivity (Wildman–Crippen MR) is 60.9 cm³/mol. The summed E-state index contributed by atoms with van der Waals surface area (Å²) in [6.07, 6.45) is 0. The van der Waals surface area contributed by atoms with Crippen molar-refractivity contribution in [3.8, 4) is 0 Å². The van der Waals surface area contributed by atoms with Crippen LogP contribution >= 0.6 is 0 Å². The summed E-state index contributed by atoms with van der Waals surface area (Å²) in [5.74, 6) is -1.32. The van der Waals surface area contributed by atoms with Gasteiger partial charge in [-0.2, -0.15) is 0 Å². The Morgan fingerprint density at radius 3 is 2.38 bits per heavy atom. The Hall–Kier alpha value is -1.69. The molecular formula is C10H12N2O3S. The summed E-state index contributed by atoms with van der Waals surface area (Å²) in [5.41, 5.74) is 11.0. The number of amides is 2. The number of nitrogens with two attached hydrogens (primary N) is 2. The number of carbonyl (C=O) groups is 2. The van der Waals surface area contributed by atoms with E-state index in [9.17, 15) is 13.8 Å². The van der Waals surface area contributed by atoms with E-state index in [1.807, 2.05) is 0 Å². The summed E-state index contributed by atoms with van der Waals surface area (Å²) in [6.45, 7) is 0. The minimum atomic E-state index is -1.41. The molecule has 0 saturated heterocycles. The van der Waals surface area contributed by atoms with Crippen molar-refractivity contribution < 1.29 is 13.8 Å². The second kappa shape index (κ2) is 5.41. The highest BCUT2D eigenvalue weighted by molar-refractivity contribution is 7.84. The smallest absolute Gasteiger partial charge is 0.249 e. The Bertz CT molecular complexity index is 445. The van der Waals surface area contributed by atoms with E-state index in [0.29, 0.717) is 11.1 Å². The third-order valence-corrected chi connectivity index (χ3v) is 3.14. The van der Waals surface area contributed by atoms with Crippen LogP contribution in [0.5, 0.6) is 0 Å². The van der Waals surface area contributed by atoms with Gasteiger partial charge in [-0.3, -0.25) is 13.8 Å². The molecule has 0 spiro atoms. The molecule has 16 heavy (non-hydrogen) atoms. The van der Waals surface area contributed by atoms with Crippen LogP contribution in [0.4, 0.5) is 0 Å². The lowest BCUT2D eigenvalue weighted by atomic mass is 10.1. The van der Waals surface area contributed by atoms with Gasteiger partial charge in [0.15, 0.2) is 0 Å². The number of benzene rings is 1. The molecule has 1 aromatic carbocycles. The van der Waals surface area contributed by atoms with Gasteiger partial charge < -0.3 is 11.5 Å². The van der Waals surface area contributed by atoms with Gasteiger partial charge in [-0.15, -0.1) is 0 Å². The molecule has 0 bridgehead atoms. The molecule has 1 rings (SSSR count). The van der Waals surface area contributed by atoms with Gasteiger partial charge >= 0.3 is 0 Å². The van der Waals surface area contributed by atoms with Crippen molar-refractivity contribution in [3.63, 3.8) is 0 Å². The van der Waals surface area contributed by atoms with Gasteiger partial charge in [-0.05, 0) is 11.6 Å². The van der Waals surface area contributed by atoms with Gasteiger partial charge in [0.2, 0.25) is 11.8 Å². The Morgan fingerprint density at radius 2 is 1.81 bits per heavy atom. The van der Waals surface area contributed by atoms with Crippen molar-refractivity contribution in [1.82, 2.24) is 0 Å². The minimum Gasteiger partial charge on any atom is -0.369 e. The second-order valence-corrected chi connectivity index (χ2v) is 4.67. The third kappa shape index (κ3) is 3.47. The standard InChI is InChI=1S/C10H12N2O3S/c11-9(13)6-16(15)5-7-3-1-2-4-8(7)10(12)14/h1-4H,5-6H2,(H2,11,13)(H2,12,14). The Labute approximate surface area is 95.3 Å². The number of hydrogen-bond donors (Lipinski definition) is 2. The van der Waals surface area contributed by atoms with Crippen molar-refractivity contribution in [2.75, 3.05) is 5.75 Å². The molecule has 2 amide bonds. The zero-order valence-electron chi connectivity index (χ0n) is 8.51. The normalized spacial score (nSPS) is 12.0. The molecule has 0 radical (unpaired) electrons. The maximum atomic E-state index is 11.5. The Balaban J connectivity index is 2.84. The fourth-order valence-electron chi connectivity index (χ4n) is 1.27. The van der Waals surface area contributed by atoms with E-state index in [1.165, 1.54) is 0 Å². The average molecular weight is 240 g/mol. The van der Waals surface area contributed by atoms with Gasteiger partial charge in [0.25, 0.3) is 0 Å². The number of carbonyl (C=O) groups excluding carboxylic acids is 2. The van der Waals surface area contributed by atoms with Gasteiger partial charge in [0.05, 0.1) is 0 Å². The van der Waals surface area contributed by atoms with E-state index in [0.717, 1.165) is 0 Å². The topological polar surface area (TPSA) is 103 Å². The van der Waals surface area contributed by atoms with E-state index in [-0.39, 0.29) is 11.5 Å². The molecule has 0 fully saturated rings. The van der Waals surface area contributed by atoms with E-state index >= 15 is 0 Å². The van der Waals surface area contributed by atoms with Gasteiger partial charge in [0.1, 0.15) is 5.75 Å². The second-order valence-electron chi connectivity index (χ2n) is 3.22. The first-order valence-electron chi connectivity index (χ1n) is 4.51. The molecule has 4 N–H and O–H groups in total. The van der Waals surface area contributed by atoms with Crippen molar-refractivity contribution in [3.05, 3.63) is 35.4 Å². The van der Waals surface area contributed by atoms with Crippen molar-refractivity contribution in [1.29, 1.82) is 0 Å². The SMILES string of the molecule is NC(=O)CS(=O)Cc1ccccc1C(N)=O. The van der Waals surface area contributed by atoms with Crippen LogP contribution in [-0.2, 0) is 21.3 Å². The average Bonchev–Trinajstić information content (AvgIpc) is 2.16. The molecule has 86 valence electrons. The predicted octanol–water partition coefficient (Wildman–Crippen LogP) is -0.481. The quantitative estimate of drug-likeness (QED) is 0.726. The van der Waals surface area contributed by atoms with E-state index < -0.39 is 22.6 Å². The first kappa shape index (κ1) is 12.4. The van der Waals surface area contributed by atoms with E-state index in [2.05, 4.69) is 0 Å². The number of primary amides is 2. The number of rotatable bonds is 5. The molecule has 6 heteroatoms. The molecular weight excluding hydrogens is 228 g/mol. The van der Waals surface area contributed by atoms with Crippen LogP contribution in [0.1, 0.15) is 15.9 Å². The van der Waals surface area contributed by atoms with Crippen LogP contribution in [-0.4, -0.2) is 21.8 Å². The number of hydrogen-bond acceptors (Lipinski definition) is 3. The van der Waals surface area contributed by atoms with Crippen LogP contribution in [0.2, 0.25) is 0 Å². The van der Waals surface area contributed by atoms with E-state index in [1.54, 1.807) is 24.3 Å².